The average molecular weight is 376 g/mol. The van der Waals surface area contributed by atoms with Crippen LogP contribution in [-0.2, 0) is 9.59 Å². The number of carbonyl (C=O) groups excluding carboxylic acids is 2. The number of nitrogens with zero attached hydrogens (tertiary/aromatic N) is 2. The van der Waals surface area contributed by atoms with Gasteiger partial charge in [0.1, 0.15) is 11.8 Å². The van der Waals surface area contributed by atoms with Gasteiger partial charge in [0.2, 0.25) is 0 Å². The van der Waals surface area contributed by atoms with E-state index in [1.54, 1.807) is 17.0 Å². The fourth-order valence-corrected chi connectivity index (χ4v) is 3.55. The maximum Gasteiger partial charge on any atom is 0.290 e. The van der Waals surface area contributed by atoms with Crippen LogP contribution in [0.5, 0.6) is 0 Å². The summed E-state index contributed by atoms with van der Waals surface area (Å²) in [7, 11) is 0. The van der Waals surface area contributed by atoms with Crippen LogP contribution < -0.4 is 0 Å². The van der Waals surface area contributed by atoms with Crippen molar-refractivity contribution in [3.63, 3.8) is 0 Å². The highest BCUT2D eigenvalue weighted by atomic mass is 16.3. The Balaban J connectivity index is 2.05. The van der Waals surface area contributed by atoms with Crippen LogP contribution in [-0.4, -0.2) is 52.8 Å². The van der Waals surface area contributed by atoms with E-state index in [1.165, 1.54) is 13.2 Å². The predicted octanol–water partition coefficient (Wildman–Crippen LogP) is 3.86. The Morgan fingerprint density at radius 1 is 1.19 bits per heavy atom. The van der Waals surface area contributed by atoms with Crippen LogP contribution in [0.3, 0.4) is 0 Å². The number of amides is 1. The maximum atomic E-state index is 12.6. The van der Waals surface area contributed by atoms with Crippen molar-refractivity contribution in [2.75, 3.05) is 26.2 Å². The van der Waals surface area contributed by atoms with Gasteiger partial charge in [-0.15, -0.1) is 0 Å². The molecule has 6 nitrogen and oxygen atoms in total. The van der Waals surface area contributed by atoms with E-state index in [9.17, 15) is 14.7 Å². The third-order valence-corrected chi connectivity index (χ3v) is 5.02. The summed E-state index contributed by atoms with van der Waals surface area (Å²) < 4.78 is 5.46. The second kappa shape index (κ2) is 10.3. The molecular formula is C21H32N2O4. The molecule has 1 aliphatic rings. The van der Waals surface area contributed by atoms with Gasteiger partial charge in [0, 0.05) is 6.54 Å². The lowest BCUT2D eigenvalue weighted by Gasteiger charge is -2.27. The minimum atomic E-state index is -0.635. The van der Waals surface area contributed by atoms with Crippen LogP contribution in [0.2, 0.25) is 0 Å². The van der Waals surface area contributed by atoms with Crippen molar-refractivity contribution in [2.24, 2.45) is 0 Å². The molecule has 1 amide bonds. The van der Waals surface area contributed by atoms with Crippen molar-refractivity contribution in [3.05, 3.63) is 35.5 Å². The molecule has 150 valence electrons. The first-order valence-corrected chi connectivity index (χ1v) is 10.0. The smallest absolute Gasteiger partial charge is 0.290 e. The second-order valence-electron chi connectivity index (χ2n) is 7.14. The topological polar surface area (TPSA) is 74.0 Å². The van der Waals surface area contributed by atoms with Crippen LogP contribution in [0.15, 0.2) is 34.1 Å². The number of hydrogen-bond donors (Lipinski definition) is 1. The quantitative estimate of drug-likeness (QED) is 0.600. The molecule has 0 aromatic carbocycles. The molecule has 0 saturated heterocycles. The largest absolute Gasteiger partial charge is 0.503 e. The standard InChI is InChI=1S/C21H32N2O4/c1-4-6-11-22(12-7-5-2)13-9-14-23-19(17-10-8-15-27-17)18(16(3)24)20(25)21(23)26/h8,10,15,19,25H,4-7,9,11-14H2,1-3H3/t19-/m1/s1. The lowest BCUT2D eigenvalue weighted by atomic mass is 10.0. The molecule has 2 rings (SSSR count). The summed E-state index contributed by atoms with van der Waals surface area (Å²) in [4.78, 5) is 28.6. The van der Waals surface area contributed by atoms with Crippen LogP contribution in [0.1, 0.15) is 64.7 Å². The molecule has 1 aromatic rings. The van der Waals surface area contributed by atoms with Gasteiger partial charge in [-0.1, -0.05) is 26.7 Å². The van der Waals surface area contributed by atoms with Gasteiger partial charge >= 0.3 is 0 Å². The fourth-order valence-electron chi connectivity index (χ4n) is 3.55. The van der Waals surface area contributed by atoms with E-state index < -0.39 is 17.7 Å². The Kier molecular flexibility index (Phi) is 8.10. The molecule has 0 bridgehead atoms. The number of hydrogen-bond acceptors (Lipinski definition) is 5. The highest BCUT2D eigenvalue weighted by molar-refractivity contribution is 6.07. The number of unbranched alkanes of at least 4 members (excludes halogenated alkanes) is 2. The number of aliphatic hydroxyl groups excluding tert-OH is 1. The molecule has 6 heteroatoms. The van der Waals surface area contributed by atoms with E-state index in [1.807, 2.05) is 0 Å². The molecule has 0 unspecified atom stereocenters. The van der Waals surface area contributed by atoms with Gasteiger partial charge in [-0.2, -0.15) is 0 Å². The number of aliphatic hydroxyl groups is 1. The van der Waals surface area contributed by atoms with E-state index in [0.29, 0.717) is 12.3 Å². The fraction of sp³-hybridized carbons (Fsp3) is 0.619. The normalized spacial score (nSPS) is 17.4. The van der Waals surface area contributed by atoms with Crippen LogP contribution >= 0.6 is 0 Å². The van der Waals surface area contributed by atoms with Gasteiger partial charge in [0.05, 0.1) is 11.8 Å². The van der Waals surface area contributed by atoms with Crippen molar-refractivity contribution in [2.45, 2.75) is 58.9 Å². The van der Waals surface area contributed by atoms with Gasteiger partial charge in [0.15, 0.2) is 11.5 Å². The van der Waals surface area contributed by atoms with Crippen molar-refractivity contribution in [1.82, 2.24) is 9.80 Å². The molecule has 1 N–H and O–H groups in total. The first kappa shape index (κ1) is 21.2. The van der Waals surface area contributed by atoms with E-state index in [4.69, 9.17) is 4.42 Å². The summed E-state index contributed by atoms with van der Waals surface area (Å²) in [6, 6.07) is 2.83. The summed E-state index contributed by atoms with van der Waals surface area (Å²) in [5, 5.41) is 10.2. The zero-order chi connectivity index (χ0) is 19.8. The van der Waals surface area contributed by atoms with Gasteiger partial charge in [-0.3, -0.25) is 9.59 Å². The minimum Gasteiger partial charge on any atom is -0.503 e. The van der Waals surface area contributed by atoms with Crippen LogP contribution in [0.25, 0.3) is 0 Å². The van der Waals surface area contributed by atoms with Crippen LogP contribution in [0.4, 0.5) is 0 Å². The van der Waals surface area contributed by atoms with E-state index in [-0.39, 0.29) is 11.4 Å². The van der Waals surface area contributed by atoms with Gasteiger partial charge in [-0.05, 0) is 58.0 Å². The predicted molar refractivity (Wildman–Crippen MR) is 104 cm³/mol. The van der Waals surface area contributed by atoms with E-state index >= 15 is 0 Å². The second-order valence-corrected chi connectivity index (χ2v) is 7.14. The number of ketones is 1. The number of Topliss-reactive ketones (excluding diaryl/α,β-unsaturated/α-hetero) is 1. The van der Waals surface area contributed by atoms with Crippen LogP contribution in [0, 0.1) is 0 Å². The number of rotatable bonds is 12. The SMILES string of the molecule is CCCCN(CCCC)CCCN1C(=O)C(O)=C(C(C)=O)[C@H]1c1ccco1. The molecule has 0 aliphatic carbocycles. The van der Waals surface area contributed by atoms with E-state index in [0.717, 1.165) is 51.7 Å². The monoisotopic (exact) mass is 376 g/mol. The zero-order valence-electron chi connectivity index (χ0n) is 16.7. The third-order valence-electron chi connectivity index (χ3n) is 5.02. The summed E-state index contributed by atoms with van der Waals surface area (Å²) in [6.45, 7) is 9.24. The molecule has 0 spiro atoms. The summed E-state index contributed by atoms with van der Waals surface area (Å²) in [6.07, 6.45) is 6.95. The Morgan fingerprint density at radius 2 is 1.81 bits per heavy atom. The summed E-state index contributed by atoms with van der Waals surface area (Å²) >= 11 is 0. The Bertz CT molecular complexity index is 643. The Hall–Kier alpha value is -2.08. The van der Waals surface area contributed by atoms with Crippen molar-refractivity contribution in [1.29, 1.82) is 0 Å². The maximum absolute atomic E-state index is 12.6. The lowest BCUT2D eigenvalue weighted by Crippen LogP contribution is -2.35. The molecule has 0 fully saturated rings. The highest BCUT2D eigenvalue weighted by Crippen LogP contribution is 2.37. The van der Waals surface area contributed by atoms with Crippen molar-refractivity contribution >= 4 is 11.7 Å². The zero-order valence-corrected chi connectivity index (χ0v) is 16.7. The van der Waals surface area contributed by atoms with Gasteiger partial charge < -0.3 is 19.3 Å². The molecule has 2 heterocycles. The molecule has 1 aromatic heterocycles. The average Bonchev–Trinajstić information content (AvgIpc) is 3.25. The van der Waals surface area contributed by atoms with Gasteiger partial charge in [-0.25, -0.2) is 0 Å². The molecule has 0 saturated carbocycles. The summed E-state index contributed by atoms with van der Waals surface area (Å²) in [5.41, 5.74) is 0.128. The first-order valence-electron chi connectivity index (χ1n) is 10.0. The number of carbonyl (C=O) groups is 2. The summed E-state index contributed by atoms with van der Waals surface area (Å²) in [5.74, 6) is -0.739. The van der Waals surface area contributed by atoms with Gasteiger partial charge in [0.25, 0.3) is 5.91 Å². The van der Waals surface area contributed by atoms with Crippen molar-refractivity contribution < 1.29 is 19.1 Å². The van der Waals surface area contributed by atoms with E-state index in [2.05, 4.69) is 18.7 Å². The molecule has 1 aliphatic heterocycles. The Labute approximate surface area is 161 Å². The van der Waals surface area contributed by atoms with Crippen molar-refractivity contribution in [3.8, 4) is 0 Å². The third kappa shape index (κ3) is 5.22. The Morgan fingerprint density at radius 3 is 2.33 bits per heavy atom. The highest BCUT2D eigenvalue weighted by Gasteiger charge is 2.43. The molecular weight excluding hydrogens is 344 g/mol. The molecule has 1 atom stereocenters. The minimum absolute atomic E-state index is 0.128. The lowest BCUT2D eigenvalue weighted by molar-refractivity contribution is -0.129. The molecule has 27 heavy (non-hydrogen) atoms. The number of furan rings is 1. The molecule has 0 radical (unpaired) electrons. The first-order chi connectivity index (χ1) is 13.0.